The molecule has 0 fully saturated rings. The molecule has 3 aromatic carbocycles. The van der Waals surface area contributed by atoms with Crippen molar-refractivity contribution in [2.45, 2.75) is 20.8 Å². The fraction of sp³-hybridized carbons (Fsp3) is 0.158. The first-order chi connectivity index (χ1) is 9.66. The van der Waals surface area contributed by atoms with Gasteiger partial charge < -0.3 is 4.98 Å². The molecule has 0 spiro atoms. The molecule has 1 heteroatoms. The van der Waals surface area contributed by atoms with Crippen molar-refractivity contribution in [2.75, 3.05) is 0 Å². The van der Waals surface area contributed by atoms with Crippen molar-refractivity contribution in [3.8, 4) is 0 Å². The van der Waals surface area contributed by atoms with E-state index >= 15 is 0 Å². The maximum absolute atomic E-state index is 3.59. The van der Waals surface area contributed by atoms with Gasteiger partial charge >= 0.3 is 0 Å². The molecule has 1 heterocycles. The third-order valence-corrected chi connectivity index (χ3v) is 4.44. The van der Waals surface area contributed by atoms with Crippen LogP contribution in [-0.2, 0) is 0 Å². The molecule has 0 unspecified atom stereocenters. The molecular formula is C19H17N. The third kappa shape index (κ3) is 1.38. The van der Waals surface area contributed by atoms with Gasteiger partial charge in [0.15, 0.2) is 0 Å². The Morgan fingerprint density at radius 3 is 2.40 bits per heavy atom. The van der Waals surface area contributed by atoms with Crippen molar-refractivity contribution in [2.24, 2.45) is 0 Å². The monoisotopic (exact) mass is 259 g/mol. The second-order valence-electron chi connectivity index (χ2n) is 5.72. The van der Waals surface area contributed by atoms with E-state index in [1.807, 2.05) is 0 Å². The summed E-state index contributed by atoms with van der Waals surface area (Å²) in [7, 11) is 0. The van der Waals surface area contributed by atoms with E-state index in [1.165, 1.54) is 49.3 Å². The van der Waals surface area contributed by atoms with Gasteiger partial charge in [0.05, 0.1) is 5.52 Å². The summed E-state index contributed by atoms with van der Waals surface area (Å²) < 4.78 is 0. The maximum Gasteiger partial charge on any atom is 0.0503 e. The summed E-state index contributed by atoms with van der Waals surface area (Å²) >= 11 is 0. The zero-order valence-electron chi connectivity index (χ0n) is 12.0. The first kappa shape index (κ1) is 11.5. The topological polar surface area (TPSA) is 15.8 Å². The van der Waals surface area contributed by atoms with E-state index < -0.39 is 0 Å². The van der Waals surface area contributed by atoms with Crippen LogP contribution in [0.5, 0.6) is 0 Å². The van der Waals surface area contributed by atoms with Crippen molar-refractivity contribution >= 4 is 32.6 Å². The van der Waals surface area contributed by atoms with Gasteiger partial charge in [0.1, 0.15) is 0 Å². The van der Waals surface area contributed by atoms with E-state index in [9.17, 15) is 0 Å². The van der Waals surface area contributed by atoms with E-state index in [-0.39, 0.29) is 0 Å². The van der Waals surface area contributed by atoms with E-state index in [2.05, 4.69) is 68.2 Å². The lowest BCUT2D eigenvalue weighted by molar-refractivity contribution is 1.44. The predicted octanol–water partition coefficient (Wildman–Crippen LogP) is 5.40. The van der Waals surface area contributed by atoms with Crippen LogP contribution >= 0.6 is 0 Å². The minimum absolute atomic E-state index is 1.22. The molecule has 4 rings (SSSR count). The number of para-hydroxylation sites is 1. The zero-order valence-corrected chi connectivity index (χ0v) is 12.0. The van der Waals surface area contributed by atoms with Gasteiger partial charge in [-0.05, 0) is 48.7 Å². The lowest BCUT2D eigenvalue weighted by atomic mass is 9.94. The molecule has 1 nitrogen and oxygen atoms in total. The summed E-state index contributed by atoms with van der Waals surface area (Å²) in [5.74, 6) is 0. The van der Waals surface area contributed by atoms with Gasteiger partial charge in [-0.25, -0.2) is 0 Å². The molecular weight excluding hydrogens is 242 g/mol. The van der Waals surface area contributed by atoms with Crippen LogP contribution in [0.3, 0.4) is 0 Å². The van der Waals surface area contributed by atoms with Gasteiger partial charge in [-0.15, -0.1) is 0 Å². The lowest BCUT2D eigenvalue weighted by Gasteiger charge is -2.10. The molecule has 0 amide bonds. The fourth-order valence-corrected chi connectivity index (χ4v) is 3.38. The number of hydrogen-bond donors (Lipinski definition) is 1. The highest BCUT2D eigenvalue weighted by molar-refractivity contribution is 6.16. The molecule has 4 aromatic rings. The van der Waals surface area contributed by atoms with Gasteiger partial charge in [-0.2, -0.15) is 0 Å². The number of aryl methyl sites for hydroxylation is 3. The first-order valence-electron chi connectivity index (χ1n) is 7.07. The maximum atomic E-state index is 3.59. The predicted molar refractivity (Wildman–Crippen MR) is 87.5 cm³/mol. The number of benzene rings is 3. The molecule has 0 radical (unpaired) electrons. The average molecular weight is 259 g/mol. The minimum atomic E-state index is 1.22. The Balaban J connectivity index is 2.36. The van der Waals surface area contributed by atoms with Crippen LogP contribution in [-0.4, -0.2) is 4.98 Å². The summed E-state index contributed by atoms with van der Waals surface area (Å²) in [5.41, 5.74) is 6.54. The summed E-state index contributed by atoms with van der Waals surface area (Å²) in [6.07, 6.45) is 0. The van der Waals surface area contributed by atoms with Gasteiger partial charge in [0, 0.05) is 16.3 Å². The van der Waals surface area contributed by atoms with Crippen LogP contribution < -0.4 is 0 Å². The van der Waals surface area contributed by atoms with E-state index in [0.717, 1.165) is 0 Å². The zero-order chi connectivity index (χ0) is 13.9. The summed E-state index contributed by atoms with van der Waals surface area (Å²) in [5, 5.41) is 5.43. The summed E-state index contributed by atoms with van der Waals surface area (Å²) in [6, 6.07) is 15.3. The van der Waals surface area contributed by atoms with E-state index in [4.69, 9.17) is 0 Å². The van der Waals surface area contributed by atoms with Gasteiger partial charge in [-0.3, -0.25) is 0 Å². The highest BCUT2D eigenvalue weighted by atomic mass is 14.7. The molecule has 0 bridgehead atoms. The van der Waals surface area contributed by atoms with Crippen LogP contribution in [0.2, 0.25) is 0 Å². The molecule has 0 saturated carbocycles. The Morgan fingerprint density at radius 2 is 1.55 bits per heavy atom. The second kappa shape index (κ2) is 3.86. The minimum Gasteiger partial charge on any atom is -0.354 e. The number of hydrogen-bond acceptors (Lipinski definition) is 0. The molecule has 0 aliphatic heterocycles. The van der Waals surface area contributed by atoms with Gasteiger partial charge in [0.25, 0.3) is 0 Å². The van der Waals surface area contributed by atoms with Gasteiger partial charge in [0.2, 0.25) is 0 Å². The van der Waals surface area contributed by atoms with Crippen molar-refractivity contribution in [1.29, 1.82) is 0 Å². The van der Waals surface area contributed by atoms with E-state index in [0.29, 0.717) is 0 Å². The summed E-state index contributed by atoms with van der Waals surface area (Å²) in [6.45, 7) is 6.62. The molecule has 0 saturated heterocycles. The van der Waals surface area contributed by atoms with Crippen LogP contribution in [0.25, 0.3) is 32.6 Å². The SMILES string of the molecule is Cc1ccc2c(C)c3[nH]c4ccccc4c3c(C)c2c1. The Kier molecular flexibility index (Phi) is 2.23. The number of aromatic amines is 1. The number of H-pyrrole nitrogens is 1. The second-order valence-corrected chi connectivity index (χ2v) is 5.72. The molecule has 20 heavy (non-hydrogen) atoms. The molecule has 98 valence electrons. The number of aromatic nitrogens is 1. The van der Waals surface area contributed by atoms with Crippen molar-refractivity contribution < 1.29 is 0 Å². The fourth-order valence-electron chi connectivity index (χ4n) is 3.38. The van der Waals surface area contributed by atoms with Crippen LogP contribution in [0.4, 0.5) is 0 Å². The van der Waals surface area contributed by atoms with Crippen LogP contribution in [0.1, 0.15) is 16.7 Å². The van der Waals surface area contributed by atoms with Crippen molar-refractivity contribution in [3.63, 3.8) is 0 Å². The quantitative estimate of drug-likeness (QED) is 0.435. The summed E-state index contributed by atoms with van der Waals surface area (Å²) in [4.78, 5) is 3.59. The third-order valence-electron chi connectivity index (χ3n) is 4.44. The molecule has 1 aromatic heterocycles. The van der Waals surface area contributed by atoms with Gasteiger partial charge in [-0.1, -0.05) is 42.0 Å². The van der Waals surface area contributed by atoms with Crippen LogP contribution in [0.15, 0.2) is 42.5 Å². The molecule has 0 aliphatic carbocycles. The normalized spacial score (nSPS) is 11.8. The largest absolute Gasteiger partial charge is 0.354 e. The Hall–Kier alpha value is -2.28. The molecule has 0 atom stereocenters. The highest BCUT2D eigenvalue weighted by Gasteiger charge is 2.13. The Labute approximate surface area is 118 Å². The van der Waals surface area contributed by atoms with Crippen molar-refractivity contribution in [3.05, 3.63) is 59.2 Å². The number of nitrogens with one attached hydrogen (secondary N) is 1. The Morgan fingerprint density at radius 1 is 0.750 bits per heavy atom. The average Bonchev–Trinajstić information content (AvgIpc) is 2.84. The van der Waals surface area contributed by atoms with Crippen LogP contribution in [0, 0.1) is 20.8 Å². The lowest BCUT2D eigenvalue weighted by Crippen LogP contribution is -1.87. The number of rotatable bonds is 0. The smallest absolute Gasteiger partial charge is 0.0503 e. The first-order valence-corrected chi connectivity index (χ1v) is 7.07. The number of fused-ring (bicyclic) bond motifs is 4. The standard InChI is InChI=1S/C19H17N/c1-11-8-9-14-13(3)19-18(12(2)16(14)10-11)15-6-4-5-7-17(15)20-19/h4-10,20H,1-3H3. The van der Waals surface area contributed by atoms with E-state index in [1.54, 1.807) is 0 Å². The van der Waals surface area contributed by atoms with Crippen molar-refractivity contribution in [1.82, 2.24) is 4.98 Å². The Bertz CT molecular complexity index is 973. The highest BCUT2D eigenvalue weighted by Crippen LogP contribution is 2.36. The molecule has 0 aliphatic rings. The molecule has 1 N–H and O–H groups in total.